The van der Waals surface area contributed by atoms with Crippen LogP contribution in [0.4, 0.5) is 22.0 Å². The van der Waals surface area contributed by atoms with E-state index in [2.05, 4.69) is 0 Å². The second kappa shape index (κ2) is 8.27. The number of carbonyl (C=O) groups is 1. The number of ether oxygens (including phenoxy) is 2. The Morgan fingerprint density at radius 1 is 0.938 bits per heavy atom. The van der Waals surface area contributed by atoms with Gasteiger partial charge in [0, 0.05) is 11.1 Å². The molecule has 0 bridgehead atoms. The molecule has 1 heterocycles. The molecule has 0 aliphatic carbocycles. The minimum atomic E-state index is -2.25. The van der Waals surface area contributed by atoms with Crippen molar-refractivity contribution in [2.24, 2.45) is 0 Å². The van der Waals surface area contributed by atoms with Gasteiger partial charge in [0.15, 0.2) is 29.0 Å². The molecule has 1 aliphatic heterocycles. The fourth-order valence-corrected chi connectivity index (χ4v) is 3.33. The molecule has 4 rings (SSSR count). The maximum absolute atomic E-state index is 13.9. The van der Waals surface area contributed by atoms with Gasteiger partial charge in [0.2, 0.25) is 11.6 Å². The summed E-state index contributed by atoms with van der Waals surface area (Å²) in [5.41, 5.74) is 0.277. The minimum Gasteiger partial charge on any atom is -0.489 e. The molecule has 0 saturated carbocycles. The number of rotatable bonds is 4. The van der Waals surface area contributed by atoms with Crippen molar-refractivity contribution in [3.8, 4) is 11.5 Å². The van der Waals surface area contributed by atoms with E-state index in [9.17, 15) is 26.7 Å². The summed E-state index contributed by atoms with van der Waals surface area (Å²) in [6, 6.07) is 9.39. The Morgan fingerprint density at radius 2 is 1.53 bits per heavy atom. The van der Waals surface area contributed by atoms with Crippen molar-refractivity contribution in [3.63, 3.8) is 0 Å². The summed E-state index contributed by atoms with van der Waals surface area (Å²) < 4.78 is 78.5. The highest BCUT2D eigenvalue weighted by Crippen LogP contribution is 2.38. The molecule has 0 spiro atoms. The quantitative estimate of drug-likeness (QED) is 0.189. The summed E-state index contributed by atoms with van der Waals surface area (Å²) in [5, 5.41) is 0.528. The number of benzene rings is 3. The standard InChI is InChI=1S/C23H12ClF5O3/c1-10-6-13(31-9-14-18(25)20(27)22(29)21(28)19(14)26)8-15-17(10)23(30)16(32-15)7-11-2-4-12(24)5-3-11/h2-8H,9H2,1H3/b16-7-. The molecular weight excluding hydrogens is 455 g/mol. The lowest BCUT2D eigenvalue weighted by Gasteiger charge is -2.11. The number of Topliss-reactive ketones (excluding diaryl/α,β-unsaturated/α-hetero) is 1. The van der Waals surface area contributed by atoms with Crippen LogP contribution in [0.25, 0.3) is 6.08 Å². The van der Waals surface area contributed by atoms with Crippen LogP contribution in [0, 0.1) is 36.0 Å². The van der Waals surface area contributed by atoms with Crippen LogP contribution in [0.2, 0.25) is 5.02 Å². The van der Waals surface area contributed by atoms with Crippen LogP contribution in [0.5, 0.6) is 11.5 Å². The van der Waals surface area contributed by atoms with Crippen LogP contribution >= 0.6 is 11.6 Å². The minimum absolute atomic E-state index is 0.0192. The first-order valence-corrected chi connectivity index (χ1v) is 9.52. The van der Waals surface area contributed by atoms with Crippen molar-refractivity contribution in [1.29, 1.82) is 0 Å². The molecule has 0 amide bonds. The number of ketones is 1. The van der Waals surface area contributed by atoms with E-state index in [-0.39, 0.29) is 28.6 Å². The van der Waals surface area contributed by atoms with Gasteiger partial charge in [-0.2, -0.15) is 0 Å². The third-order valence-electron chi connectivity index (χ3n) is 4.80. The predicted octanol–water partition coefficient (Wildman–Crippen LogP) is 6.54. The molecule has 0 saturated heterocycles. The van der Waals surface area contributed by atoms with E-state index in [0.717, 1.165) is 0 Å². The SMILES string of the molecule is Cc1cc(OCc2c(F)c(F)c(F)c(F)c2F)cc2c1C(=O)/C(=C/c1ccc(Cl)cc1)O2. The Morgan fingerprint density at radius 3 is 2.16 bits per heavy atom. The van der Waals surface area contributed by atoms with Gasteiger partial charge >= 0.3 is 0 Å². The van der Waals surface area contributed by atoms with E-state index in [1.54, 1.807) is 31.2 Å². The van der Waals surface area contributed by atoms with Gasteiger partial charge < -0.3 is 9.47 Å². The molecule has 3 aromatic rings. The molecule has 0 aromatic heterocycles. The lowest BCUT2D eigenvalue weighted by atomic mass is 10.0. The van der Waals surface area contributed by atoms with Gasteiger partial charge in [-0.15, -0.1) is 0 Å². The molecule has 1 aliphatic rings. The van der Waals surface area contributed by atoms with Crippen molar-refractivity contribution in [3.05, 3.63) is 98.5 Å². The average Bonchev–Trinajstić information content (AvgIpc) is 3.08. The molecule has 0 unspecified atom stereocenters. The summed E-state index contributed by atoms with van der Waals surface area (Å²) in [6.07, 6.45) is 1.52. The average molecular weight is 467 g/mol. The monoisotopic (exact) mass is 466 g/mol. The van der Waals surface area contributed by atoms with Gasteiger partial charge in [0.25, 0.3) is 0 Å². The van der Waals surface area contributed by atoms with Gasteiger partial charge in [0.1, 0.15) is 18.1 Å². The molecule has 9 heteroatoms. The summed E-state index contributed by atoms with van der Waals surface area (Å²) in [6.45, 7) is 0.669. The first kappa shape index (κ1) is 21.8. The number of carbonyl (C=O) groups excluding carboxylic acids is 1. The van der Waals surface area contributed by atoms with E-state index in [0.29, 0.717) is 16.1 Å². The van der Waals surface area contributed by atoms with E-state index < -0.39 is 41.3 Å². The lowest BCUT2D eigenvalue weighted by molar-refractivity contribution is 0.101. The van der Waals surface area contributed by atoms with Gasteiger partial charge in [-0.3, -0.25) is 4.79 Å². The fourth-order valence-electron chi connectivity index (χ4n) is 3.20. The summed E-state index contributed by atoms with van der Waals surface area (Å²) in [7, 11) is 0. The second-order valence-corrected chi connectivity index (χ2v) is 7.38. The lowest BCUT2D eigenvalue weighted by Crippen LogP contribution is -2.10. The summed E-state index contributed by atoms with van der Waals surface area (Å²) in [4.78, 5) is 12.7. The highest BCUT2D eigenvalue weighted by atomic mass is 35.5. The number of halogens is 6. The molecule has 3 nitrogen and oxygen atoms in total. The summed E-state index contributed by atoms with van der Waals surface area (Å²) in [5.74, 6) is -10.5. The zero-order valence-electron chi connectivity index (χ0n) is 16.2. The fraction of sp³-hybridized carbons (Fsp3) is 0.0870. The van der Waals surface area contributed by atoms with Crippen LogP contribution in [0.3, 0.4) is 0 Å². The molecule has 32 heavy (non-hydrogen) atoms. The van der Waals surface area contributed by atoms with Crippen molar-refractivity contribution in [2.75, 3.05) is 0 Å². The normalized spacial score (nSPS) is 14.0. The van der Waals surface area contributed by atoms with E-state index >= 15 is 0 Å². The first-order chi connectivity index (χ1) is 15.2. The third kappa shape index (κ3) is 3.82. The molecular formula is C23H12ClF5O3. The Bertz CT molecular complexity index is 1260. The Kier molecular flexibility index (Phi) is 5.64. The highest BCUT2D eigenvalue weighted by molar-refractivity contribution is 6.30. The highest BCUT2D eigenvalue weighted by Gasteiger charge is 2.30. The number of fused-ring (bicyclic) bond motifs is 1. The number of aryl methyl sites for hydroxylation is 1. The third-order valence-corrected chi connectivity index (χ3v) is 5.05. The molecule has 0 fully saturated rings. The van der Waals surface area contributed by atoms with Gasteiger partial charge in [-0.25, -0.2) is 22.0 Å². The van der Waals surface area contributed by atoms with Crippen molar-refractivity contribution in [1.82, 2.24) is 0 Å². The van der Waals surface area contributed by atoms with E-state index in [4.69, 9.17) is 21.1 Å². The van der Waals surface area contributed by atoms with Crippen LogP contribution in [-0.4, -0.2) is 5.78 Å². The Balaban J connectivity index is 1.60. The van der Waals surface area contributed by atoms with Crippen molar-refractivity contribution < 1.29 is 36.2 Å². The number of hydrogen-bond acceptors (Lipinski definition) is 3. The largest absolute Gasteiger partial charge is 0.489 e. The number of allylic oxidation sites excluding steroid dienone is 1. The zero-order chi connectivity index (χ0) is 23.2. The first-order valence-electron chi connectivity index (χ1n) is 9.15. The van der Waals surface area contributed by atoms with Crippen LogP contribution in [-0.2, 0) is 6.61 Å². The van der Waals surface area contributed by atoms with E-state index in [1.165, 1.54) is 18.2 Å². The molecule has 3 aromatic carbocycles. The molecule has 164 valence electrons. The number of hydrogen-bond donors (Lipinski definition) is 0. The molecule has 0 N–H and O–H groups in total. The molecule has 0 atom stereocenters. The molecule has 0 radical (unpaired) electrons. The topological polar surface area (TPSA) is 35.5 Å². The Labute approximate surface area is 183 Å². The summed E-state index contributed by atoms with van der Waals surface area (Å²) >= 11 is 5.85. The van der Waals surface area contributed by atoms with Crippen molar-refractivity contribution in [2.45, 2.75) is 13.5 Å². The van der Waals surface area contributed by atoms with Gasteiger partial charge in [-0.05, 0) is 42.3 Å². The van der Waals surface area contributed by atoms with Gasteiger partial charge in [0.05, 0.1) is 11.1 Å². The van der Waals surface area contributed by atoms with Gasteiger partial charge in [-0.1, -0.05) is 23.7 Å². The van der Waals surface area contributed by atoms with E-state index in [1.807, 2.05) is 0 Å². The van der Waals surface area contributed by atoms with Crippen LogP contribution < -0.4 is 9.47 Å². The maximum Gasteiger partial charge on any atom is 0.232 e. The predicted molar refractivity (Wildman–Crippen MR) is 106 cm³/mol. The Hall–Kier alpha value is -3.39. The van der Waals surface area contributed by atoms with Crippen LogP contribution in [0.15, 0.2) is 42.2 Å². The van der Waals surface area contributed by atoms with Crippen LogP contribution in [0.1, 0.15) is 27.0 Å². The smallest absolute Gasteiger partial charge is 0.232 e. The van der Waals surface area contributed by atoms with Crippen molar-refractivity contribution >= 4 is 23.5 Å². The maximum atomic E-state index is 13.9. The second-order valence-electron chi connectivity index (χ2n) is 6.94. The zero-order valence-corrected chi connectivity index (χ0v) is 17.0.